The summed E-state index contributed by atoms with van der Waals surface area (Å²) in [4.78, 5) is 0. The molecule has 7 heavy (non-hydrogen) atoms. The van der Waals surface area contributed by atoms with Gasteiger partial charge in [-0.25, -0.2) is 0 Å². The van der Waals surface area contributed by atoms with Crippen molar-refractivity contribution in [3.63, 3.8) is 0 Å². The van der Waals surface area contributed by atoms with Crippen LogP contribution in [0.2, 0.25) is 0 Å². The van der Waals surface area contributed by atoms with Gasteiger partial charge in [0.25, 0.3) is 0 Å². The Balaban J connectivity index is 2.81. The van der Waals surface area contributed by atoms with Crippen LogP contribution in [-0.4, -0.2) is 0 Å². The second kappa shape index (κ2) is 3.91. The smallest absolute Gasteiger partial charge is 0.0375 e. The Labute approximate surface area is 46.2 Å². The van der Waals surface area contributed by atoms with Crippen molar-refractivity contribution in [2.24, 2.45) is 5.92 Å². The van der Waals surface area contributed by atoms with Crippen molar-refractivity contribution in [1.29, 1.82) is 0 Å². The summed E-state index contributed by atoms with van der Waals surface area (Å²) in [7, 11) is 0. The highest BCUT2D eigenvalue weighted by Gasteiger charge is 1.79. The van der Waals surface area contributed by atoms with Crippen molar-refractivity contribution in [1.82, 2.24) is 0 Å². The lowest BCUT2D eigenvalue weighted by Crippen LogP contribution is -1.83. The lowest BCUT2D eigenvalue weighted by molar-refractivity contribution is 0.654. The van der Waals surface area contributed by atoms with Gasteiger partial charge >= 0.3 is 0 Å². The van der Waals surface area contributed by atoms with Crippen molar-refractivity contribution in [3.8, 4) is 0 Å². The van der Waals surface area contributed by atoms with Gasteiger partial charge in [0.05, 0.1) is 0 Å². The van der Waals surface area contributed by atoms with Crippen LogP contribution in [-0.2, 0) is 0 Å². The van der Waals surface area contributed by atoms with Crippen molar-refractivity contribution < 1.29 is 0 Å². The van der Waals surface area contributed by atoms with Crippen LogP contribution in [0.1, 0.15) is 19.8 Å². The first-order valence-corrected chi connectivity index (χ1v) is 2.71. The molecule has 0 aromatic rings. The molecule has 0 bridgehead atoms. The van der Waals surface area contributed by atoms with E-state index in [0.717, 1.165) is 6.42 Å². The fourth-order valence-electron chi connectivity index (χ4n) is 0.402. The maximum Gasteiger partial charge on any atom is -0.0375 e. The van der Waals surface area contributed by atoms with Gasteiger partial charge in [-0.3, -0.25) is 0 Å². The Morgan fingerprint density at radius 3 is 2.57 bits per heavy atom. The number of allylic oxidation sites excluding steroid dienone is 1. The molecular formula is C7H13-. The van der Waals surface area contributed by atoms with E-state index in [0.29, 0.717) is 5.92 Å². The van der Waals surface area contributed by atoms with Crippen LogP contribution in [0.15, 0.2) is 12.7 Å². The van der Waals surface area contributed by atoms with Crippen LogP contribution in [0.4, 0.5) is 0 Å². The molecule has 0 heterocycles. The highest BCUT2D eigenvalue weighted by atomic mass is 13.9. The van der Waals surface area contributed by atoms with Gasteiger partial charge in [-0.2, -0.15) is 5.92 Å². The second-order valence-corrected chi connectivity index (χ2v) is 1.97. The first-order valence-electron chi connectivity index (χ1n) is 2.71. The molecule has 0 N–H and O–H groups in total. The Hall–Kier alpha value is -0.260. The molecule has 0 saturated carbocycles. The van der Waals surface area contributed by atoms with Gasteiger partial charge in [0.2, 0.25) is 0 Å². The zero-order valence-electron chi connectivity index (χ0n) is 4.98. The molecule has 0 rings (SSSR count). The van der Waals surface area contributed by atoms with E-state index in [-0.39, 0.29) is 0 Å². The summed E-state index contributed by atoms with van der Waals surface area (Å²) < 4.78 is 0. The minimum Gasteiger partial charge on any atom is -0.341 e. The van der Waals surface area contributed by atoms with Crippen LogP contribution in [0, 0.1) is 12.8 Å². The molecule has 0 aliphatic heterocycles. The third kappa shape index (κ3) is 5.74. The largest absolute Gasteiger partial charge is 0.341 e. The lowest BCUT2D eigenvalue weighted by Gasteiger charge is -2.05. The van der Waals surface area contributed by atoms with Crippen molar-refractivity contribution >= 4 is 0 Å². The third-order valence-electron chi connectivity index (χ3n) is 0.864. The second-order valence-electron chi connectivity index (χ2n) is 1.97. The van der Waals surface area contributed by atoms with E-state index in [4.69, 9.17) is 0 Å². The number of rotatable bonds is 3. The van der Waals surface area contributed by atoms with Crippen molar-refractivity contribution in [3.05, 3.63) is 19.6 Å². The molecule has 0 aliphatic rings. The van der Waals surface area contributed by atoms with E-state index < -0.39 is 0 Å². The minimum atomic E-state index is 0.581. The van der Waals surface area contributed by atoms with E-state index in [1.54, 1.807) is 0 Å². The Morgan fingerprint density at radius 2 is 2.43 bits per heavy atom. The van der Waals surface area contributed by atoms with Gasteiger partial charge in [0, 0.05) is 0 Å². The number of hydrogen-bond donors (Lipinski definition) is 0. The highest BCUT2D eigenvalue weighted by molar-refractivity contribution is 4.68. The fraction of sp³-hybridized carbons (Fsp3) is 0.571. The molecule has 0 heteroatoms. The molecule has 1 unspecified atom stereocenters. The van der Waals surface area contributed by atoms with E-state index >= 15 is 0 Å². The molecule has 0 aromatic heterocycles. The molecule has 0 saturated heterocycles. The lowest BCUT2D eigenvalue weighted by atomic mass is 10.1. The van der Waals surface area contributed by atoms with E-state index in [2.05, 4.69) is 20.4 Å². The summed E-state index contributed by atoms with van der Waals surface area (Å²) in [6.45, 7) is 9.55. The quantitative estimate of drug-likeness (QED) is 0.375. The molecular weight excluding hydrogens is 84.1 g/mol. The summed E-state index contributed by atoms with van der Waals surface area (Å²) in [6.07, 6.45) is 4.20. The Morgan fingerprint density at radius 1 is 1.86 bits per heavy atom. The van der Waals surface area contributed by atoms with Crippen molar-refractivity contribution in [2.75, 3.05) is 0 Å². The van der Waals surface area contributed by atoms with E-state index in [9.17, 15) is 0 Å². The van der Waals surface area contributed by atoms with E-state index in [1.807, 2.05) is 6.08 Å². The molecule has 0 amide bonds. The van der Waals surface area contributed by atoms with Gasteiger partial charge in [-0.05, 0) is 6.42 Å². The average molecular weight is 97.2 g/mol. The maximum absolute atomic E-state index is 3.83. The standard InChI is InChI=1S/C7H13/c1-4-5-6-7(2)3/h4,7H,1-2,5-6H2,3H3/q-1. The first-order chi connectivity index (χ1) is 3.27. The predicted octanol–water partition coefficient (Wildman–Crippen LogP) is 2.42. The molecule has 42 valence electrons. The Bertz CT molecular complexity index is 44.0. The summed E-state index contributed by atoms with van der Waals surface area (Å²) >= 11 is 0. The number of hydrogen-bond acceptors (Lipinski definition) is 0. The van der Waals surface area contributed by atoms with Crippen LogP contribution < -0.4 is 0 Å². The molecule has 0 aliphatic carbocycles. The summed E-state index contributed by atoms with van der Waals surface area (Å²) in [5.41, 5.74) is 0. The maximum atomic E-state index is 3.83. The van der Waals surface area contributed by atoms with Gasteiger partial charge in [0.1, 0.15) is 0 Å². The SMILES string of the molecule is C=CCCC([CH2-])C. The summed E-state index contributed by atoms with van der Waals surface area (Å²) in [5, 5.41) is 0. The molecule has 0 aromatic carbocycles. The highest BCUT2D eigenvalue weighted by Crippen LogP contribution is 2.01. The summed E-state index contributed by atoms with van der Waals surface area (Å²) in [5.74, 6) is 0.581. The topological polar surface area (TPSA) is 0 Å². The zero-order valence-corrected chi connectivity index (χ0v) is 4.98. The molecule has 0 nitrogen and oxygen atoms in total. The minimum absolute atomic E-state index is 0.581. The molecule has 0 radical (unpaired) electrons. The van der Waals surface area contributed by atoms with Crippen LogP contribution in [0.25, 0.3) is 0 Å². The van der Waals surface area contributed by atoms with E-state index in [1.165, 1.54) is 6.42 Å². The third-order valence-corrected chi connectivity index (χ3v) is 0.864. The summed E-state index contributed by atoms with van der Waals surface area (Å²) in [6, 6.07) is 0. The van der Waals surface area contributed by atoms with Gasteiger partial charge < -0.3 is 6.92 Å². The first kappa shape index (κ1) is 6.74. The van der Waals surface area contributed by atoms with Gasteiger partial charge in [0.15, 0.2) is 0 Å². The van der Waals surface area contributed by atoms with Crippen LogP contribution >= 0.6 is 0 Å². The zero-order chi connectivity index (χ0) is 5.70. The van der Waals surface area contributed by atoms with Crippen molar-refractivity contribution in [2.45, 2.75) is 19.8 Å². The average Bonchev–Trinajstić information content (AvgIpc) is 1.61. The van der Waals surface area contributed by atoms with Gasteiger partial charge in [-0.1, -0.05) is 19.4 Å². The predicted molar refractivity (Wildman–Crippen MR) is 34.0 cm³/mol. The van der Waals surface area contributed by atoms with Crippen LogP contribution in [0.5, 0.6) is 0 Å². The molecule has 0 fully saturated rings. The normalized spacial score (nSPS) is 13.4. The monoisotopic (exact) mass is 97.1 g/mol. The Kier molecular flexibility index (Phi) is 3.77. The van der Waals surface area contributed by atoms with Gasteiger partial charge in [-0.15, -0.1) is 6.58 Å². The molecule has 0 spiro atoms. The molecule has 1 atom stereocenters. The fourth-order valence-corrected chi connectivity index (χ4v) is 0.402. The van der Waals surface area contributed by atoms with Crippen LogP contribution in [0.3, 0.4) is 0 Å².